The van der Waals surface area contributed by atoms with Crippen molar-refractivity contribution in [3.05, 3.63) is 89.1 Å². The Morgan fingerprint density at radius 1 is 1.09 bits per heavy atom. The van der Waals surface area contributed by atoms with Crippen LogP contribution in [0, 0.1) is 0 Å². The molecule has 3 aromatic carbocycles. The smallest absolute Gasteiger partial charge is 0.219 e. The molecule has 5 rings (SSSR count). The second-order valence-corrected chi connectivity index (χ2v) is 8.37. The molecule has 5 nitrogen and oxygen atoms in total. The second kappa shape index (κ2) is 8.52. The van der Waals surface area contributed by atoms with Gasteiger partial charge in [-0.2, -0.15) is 0 Å². The maximum Gasteiger partial charge on any atom is 0.219 e. The maximum atomic E-state index is 11.8. The van der Waals surface area contributed by atoms with Crippen LogP contribution < -0.4 is 5.32 Å². The Morgan fingerprint density at radius 2 is 1.94 bits per heavy atom. The molecule has 0 atom stereocenters. The van der Waals surface area contributed by atoms with Crippen molar-refractivity contribution in [2.75, 3.05) is 11.9 Å². The highest BCUT2D eigenvalue weighted by molar-refractivity contribution is 6.33. The SMILES string of the molecule is CC(=O)N1CCc2c(cccc2Nc2ccc(Cl)c(-c3ncc(-c4ccccc4)[nH]3)c2)C1. The molecule has 4 aromatic rings. The topological polar surface area (TPSA) is 61.0 Å². The number of rotatable bonds is 4. The first-order valence-electron chi connectivity index (χ1n) is 10.6. The van der Waals surface area contributed by atoms with E-state index >= 15 is 0 Å². The van der Waals surface area contributed by atoms with E-state index in [1.807, 2.05) is 65.7 Å². The van der Waals surface area contributed by atoms with Gasteiger partial charge in [-0.1, -0.05) is 54.1 Å². The quantitative estimate of drug-likeness (QED) is 0.404. The van der Waals surface area contributed by atoms with Crippen LogP contribution in [-0.2, 0) is 17.8 Å². The number of halogens is 1. The van der Waals surface area contributed by atoms with Crippen LogP contribution in [0.25, 0.3) is 22.6 Å². The van der Waals surface area contributed by atoms with Crippen molar-refractivity contribution in [3.8, 4) is 22.6 Å². The molecule has 0 spiro atoms. The molecule has 1 aliphatic heterocycles. The summed E-state index contributed by atoms with van der Waals surface area (Å²) in [5.41, 5.74) is 7.30. The van der Waals surface area contributed by atoms with Gasteiger partial charge in [0.2, 0.25) is 5.91 Å². The van der Waals surface area contributed by atoms with E-state index in [0.29, 0.717) is 11.6 Å². The number of imidazole rings is 1. The average Bonchev–Trinajstić information content (AvgIpc) is 3.31. The summed E-state index contributed by atoms with van der Waals surface area (Å²) in [6.07, 6.45) is 2.66. The van der Waals surface area contributed by atoms with Crippen LogP contribution in [0.3, 0.4) is 0 Å². The van der Waals surface area contributed by atoms with Crippen LogP contribution in [0.2, 0.25) is 5.02 Å². The zero-order valence-electron chi connectivity index (χ0n) is 17.7. The number of nitrogens with zero attached hydrogens (tertiary/aromatic N) is 2. The van der Waals surface area contributed by atoms with E-state index in [2.05, 4.69) is 27.4 Å². The minimum absolute atomic E-state index is 0.115. The fraction of sp³-hybridized carbons (Fsp3) is 0.154. The highest BCUT2D eigenvalue weighted by Crippen LogP contribution is 2.33. The van der Waals surface area contributed by atoms with E-state index in [-0.39, 0.29) is 5.91 Å². The maximum absolute atomic E-state index is 11.8. The molecule has 2 N–H and O–H groups in total. The van der Waals surface area contributed by atoms with Crippen LogP contribution in [-0.4, -0.2) is 27.3 Å². The summed E-state index contributed by atoms with van der Waals surface area (Å²) < 4.78 is 0. The number of benzene rings is 3. The number of anilines is 2. The summed E-state index contributed by atoms with van der Waals surface area (Å²) in [4.78, 5) is 21.6. The lowest BCUT2D eigenvalue weighted by Crippen LogP contribution is -2.34. The van der Waals surface area contributed by atoms with Gasteiger partial charge >= 0.3 is 0 Å². The summed E-state index contributed by atoms with van der Waals surface area (Å²) in [6, 6.07) is 22.2. The molecular weight excluding hydrogens is 420 g/mol. The lowest BCUT2D eigenvalue weighted by molar-refractivity contribution is -0.129. The lowest BCUT2D eigenvalue weighted by atomic mass is 9.97. The standard InChI is InChI=1S/C26H23ClN4O/c1-17(32)31-13-12-21-19(16-31)8-5-9-24(21)29-20-10-11-23(27)22(14-20)26-28-15-25(30-26)18-6-3-2-4-7-18/h2-11,14-15,29H,12-13,16H2,1H3,(H,28,30). The van der Waals surface area contributed by atoms with Gasteiger partial charge in [-0.25, -0.2) is 4.98 Å². The van der Waals surface area contributed by atoms with Gasteiger partial charge in [0.1, 0.15) is 5.82 Å². The minimum atomic E-state index is 0.115. The average molecular weight is 443 g/mol. The summed E-state index contributed by atoms with van der Waals surface area (Å²) >= 11 is 6.52. The zero-order chi connectivity index (χ0) is 22.1. The second-order valence-electron chi connectivity index (χ2n) is 7.96. The fourth-order valence-electron chi connectivity index (χ4n) is 4.16. The van der Waals surface area contributed by atoms with Crippen LogP contribution in [0.4, 0.5) is 11.4 Å². The monoisotopic (exact) mass is 442 g/mol. The third kappa shape index (κ3) is 3.99. The van der Waals surface area contributed by atoms with Gasteiger partial charge in [-0.3, -0.25) is 4.79 Å². The van der Waals surface area contributed by atoms with Gasteiger partial charge in [-0.15, -0.1) is 0 Å². The van der Waals surface area contributed by atoms with E-state index in [9.17, 15) is 4.79 Å². The number of nitrogens with one attached hydrogen (secondary N) is 2. The van der Waals surface area contributed by atoms with E-state index in [1.54, 1.807) is 6.92 Å². The molecule has 2 heterocycles. The fourth-order valence-corrected chi connectivity index (χ4v) is 4.36. The Bertz CT molecular complexity index is 1280. The van der Waals surface area contributed by atoms with Crippen LogP contribution in [0.5, 0.6) is 0 Å². The van der Waals surface area contributed by atoms with Crippen LogP contribution in [0.1, 0.15) is 18.1 Å². The first-order chi connectivity index (χ1) is 15.6. The van der Waals surface area contributed by atoms with Crippen LogP contribution in [0.15, 0.2) is 72.9 Å². The Hall–Kier alpha value is -3.57. The summed E-state index contributed by atoms with van der Waals surface area (Å²) in [7, 11) is 0. The highest BCUT2D eigenvalue weighted by atomic mass is 35.5. The molecular formula is C26H23ClN4O. The number of H-pyrrole nitrogens is 1. The van der Waals surface area contributed by atoms with Crippen LogP contribution >= 0.6 is 11.6 Å². The Kier molecular flexibility index (Phi) is 5.41. The number of carbonyl (C=O) groups excluding carboxylic acids is 1. The van der Waals surface area contributed by atoms with E-state index in [1.165, 1.54) is 11.1 Å². The molecule has 0 fully saturated rings. The molecule has 160 valence electrons. The third-order valence-corrected chi connectivity index (χ3v) is 6.20. The summed E-state index contributed by atoms with van der Waals surface area (Å²) in [6.45, 7) is 3.02. The first kappa shape index (κ1) is 20.3. The molecule has 6 heteroatoms. The summed E-state index contributed by atoms with van der Waals surface area (Å²) in [5.74, 6) is 0.842. The third-order valence-electron chi connectivity index (χ3n) is 5.87. The lowest BCUT2D eigenvalue weighted by Gasteiger charge is -2.29. The summed E-state index contributed by atoms with van der Waals surface area (Å²) in [5, 5.41) is 4.18. The van der Waals surface area contributed by atoms with E-state index in [0.717, 1.165) is 47.0 Å². The Labute approximate surface area is 192 Å². The van der Waals surface area contributed by atoms with Crippen molar-refractivity contribution in [2.24, 2.45) is 0 Å². The van der Waals surface area contributed by atoms with Crippen molar-refractivity contribution < 1.29 is 4.79 Å². The first-order valence-corrected chi connectivity index (χ1v) is 11.0. The Balaban J connectivity index is 1.43. The van der Waals surface area contributed by atoms with Gasteiger partial charge in [-0.05, 0) is 47.4 Å². The molecule has 0 saturated carbocycles. The van der Waals surface area contributed by atoms with Gasteiger partial charge in [0.15, 0.2) is 0 Å². The molecule has 0 aliphatic carbocycles. The number of hydrogen-bond donors (Lipinski definition) is 2. The number of aromatic nitrogens is 2. The molecule has 1 aliphatic rings. The van der Waals surface area contributed by atoms with Gasteiger partial charge in [0, 0.05) is 37.0 Å². The van der Waals surface area contributed by atoms with Crippen molar-refractivity contribution in [1.82, 2.24) is 14.9 Å². The minimum Gasteiger partial charge on any atom is -0.355 e. The predicted octanol–water partition coefficient (Wildman–Crippen LogP) is 6.05. The largest absolute Gasteiger partial charge is 0.355 e. The van der Waals surface area contributed by atoms with Crippen molar-refractivity contribution >= 4 is 28.9 Å². The number of aromatic amines is 1. The molecule has 0 saturated heterocycles. The number of amides is 1. The molecule has 1 amide bonds. The predicted molar refractivity (Wildman–Crippen MR) is 129 cm³/mol. The van der Waals surface area contributed by atoms with Crippen molar-refractivity contribution in [1.29, 1.82) is 0 Å². The number of carbonyl (C=O) groups is 1. The molecule has 0 bridgehead atoms. The number of fused-ring (bicyclic) bond motifs is 1. The van der Waals surface area contributed by atoms with Gasteiger partial charge < -0.3 is 15.2 Å². The number of hydrogen-bond acceptors (Lipinski definition) is 3. The van der Waals surface area contributed by atoms with Gasteiger partial charge in [0.25, 0.3) is 0 Å². The molecule has 0 unspecified atom stereocenters. The Morgan fingerprint density at radius 3 is 2.75 bits per heavy atom. The van der Waals surface area contributed by atoms with E-state index < -0.39 is 0 Å². The zero-order valence-corrected chi connectivity index (χ0v) is 18.5. The van der Waals surface area contributed by atoms with Crippen molar-refractivity contribution in [3.63, 3.8) is 0 Å². The highest BCUT2D eigenvalue weighted by Gasteiger charge is 2.20. The molecule has 0 radical (unpaired) electrons. The van der Waals surface area contributed by atoms with Gasteiger partial charge in [0.05, 0.1) is 16.9 Å². The molecule has 32 heavy (non-hydrogen) atoms. The van der Waals surface area contributed by atoms with Crippen molar-refractivity contribution in [2.45, 2.75) is 19.9 Å². The molecule has 1 aromatic heterocycles. The normalized spacial score (nSPS) is 13.0. The van der Waals surface area contributed by atoms with E-state index in [4.69, 9.17) is 11.6 Å².